The van der Waals surface area contributed by atoms with E-state index in [1.165, 1.54) is 18.2 Å². The van der Waals surface area contributed by atoms with Crippen molar-refractivity contribution in [2.24, 2.45) is 5.11 Å². The molecular weight excluding hydrogens is 172 g/mol. The average Bonchev–Trinajstić information content (AvgIpc) is 2.08. The lowest BCUT2D eigenvalue weighted by molar-refractivity contribution is 0.0698. The second kappa shape index (κ2) is 3.46. The van der Waals surface area contributed by atoms with E-state index in [4.69, 9.17) is 16.4 Å². The number of azide groups is 1. The van der Waals surface area contributed by atoms with Crippen molar-refractivity contribution in [2.75, 3.05) is 5.73 Å². The van der Waals surface area contributed by atoms with E-state index in [2.05, 4.69) is 10.0 Å². The zero-order valence-electron chi connectivity index (χ0n) is 6.51. The smallest absolute Gasteiger partial charge is 0.337 e. The minimum Gasteiger partial charge on any atom is -0.478 e. The molecule has 0 atom stereocenters. The normalized spacial score (nSPS) is 8.92. The van der Waals surface area contributed by atoms with Gasteiger partial charge in [-0.1, -0.05) is 11.2 Å². The Bertz CT molecular complexity index is 395. The third-order valence-electron chi connectivity index (χ3n) is 1.43. The van der Waals surface area contributed by atoms with Crippen molar-refractivity contribution >= 4 is 17.3 Å². The molecule has 0 aromatic heterocycles. The predicted molar refractivity (Wildman–Crippen MR) is 46.6 cm³/mol. The third kappa shape index (κ3) is 1.88. The van der Waals surface area contributed by atoms with Crippen LogP contribution in [0.4, 0.5) is 11.4 Å². The number of hydrogen-bond acceptors (Lipinski definition) is 3. The number of nitrogens with zero attached hydrogens (tertiary/aromatic N) is 3. The fourth-order valence-electron chi connectivity index (χ4n) is 0.843. The monoisotopic (exact) mass is 178 g/mol. The fourth-order valence-corrected chi connectivity index (χ4v) is 0.843. The van der Waals surface area contributed by atoms with Gasteiger partial charge in [0.15, 0.2) is 0 Å². The summed E-state index contributed by atoms with van der Waals surface area (Å²) in [7, 11) is 0. The van der Waals surface area contributed by atoms with Crippen molar-refractivity contribution in [3.63, 3.8) is 0 Å². The van der Waals surface area contributed by atoms with Gasteiger partial charge in [0.25, 0.3) is 0 Å². The molecule has 0 radical (unpaired) electrons. The number of carboxylic acid groups (broad SMARTS) is 1. The zero-order valence-corrected chi connectivity index (χ0v) is 6.51. The molecule has 0 aliphatic heterocycles. The van der Waals surface area contributed by atoms with Crippen molar-refractivity contribution in [3.8, 4) is 0 Å². The van der Waals surface area contributed by atoms with Gasteiger partial charge in [0.05, 0.1) is 5.56 Å². The van der Waals surface area contributed by atoms with Crippen LogP contribution in [0.5, 0.6) is 0 Å². The highest BCUT2D eigenvalue weighted by atomic mass is 16.4. The molecule has 0 bridgehead atoms. The number of nitrogen functional groups attached to an aromatic ring is 1. The molecule has 6 nitrogen and oxygen atoms in total. The Morgan fingerprint density at radius 1 is 1.62 bits per heavy atom. The number of carbonyl (C=O) groups is 1. The molecule has 0 aliphatic rings. The number of anilines is 1. The largest absolute Gasteiger partial charge is 0.478 e. The zero-order chi connectivity index (χ0) is 9.84. The van der Waals surface area contributed by atoms with Gasteiger partial charge in [-0.15, -0.1) is 0 Å². The summed E-state index contributed by atoms with van der Waals surface area (Å²) in [5.41, 5.74) is 13.8. The summed E-state index contributed by atoms with van der Waals surface area (Å²) in [6.07, 6.45) is 0. The summed E-state index contributed by atoms with van der Waals surface area (Å²) in [5.74, 6) is -1.15. The van der Waals surface area contributed by atoms with Crippen molar-refractivity contribution in [2.45, 2.75) is 0 Å². The third-order valence-corrected chi connectivity index (χ3v) is 1.43. The standard InChI is InChI=1S/C7H6N4O2/c8-6-2-1-4(10-11-9)3-5(6)7(12)13/h1-3H,8H2,(H,12,13). The first kappa shape index (κ1) is 8.89. The number of nitrogens with two attached hydrogens (primary N) is 1. The molecule has 0 saturated heterocycles. The Balaban J connectivity index is 3.26. The molecule has 0 aliphatic carbocycles. The molecule has 6 heteroatoms. The lowest BCUT2D eigenvalue weighted by atomic mass is 10.1. The molecule has 1 aromatic carbocycles. The van der Waals surface area contributed by atoms with Crippen LogP contribution in [-0.2, 0) is 0 Å². The molecular formula is C7H6N4O2. The number of aromatic carboxylic acids is 1. The molecule has 0 saturated carbocycles. The van der Waals surface area contributed by atoms with Gasteiger partial charge in [-0.25, -0.2) is 4.79 Å². The van der Waals surface area contributed by atoms with E-state index < -0.39 is 5.97 Å². The van der Waals surface area contributed by atoms with Crippen molar-refractivity contribution in [3.05, 3.63) is 34.2 Å². The molecule has 0 fully saturated rings. The Kier molecular flexibility index (Phi) is 2.37. The van der Waals surface area contributed by atoms with Crippen molar-refractivity contribution < 1.29 is 9.90 Å². The Labute approximate surface area is 73.2 Å². The van der Waals surface area contributed by atoms with Crippen LogP contribution < -0.4 is 5.73 Å². The van der Waals surface area contributed by atoms with Gasteiger partial charge in [-0.3, -0.25) is 0 Å². The number of hydrogen-bond donors (Lipinski definition) is 2. The van der Waals surface area contributed by atoms with Crippen LogP contribution in [0.15, 0.2) is 23.3 Å². The highest BCUT2D eigenvalue weighted by molar-refractivity contribution is 5.94. The highest BCUT2D eigenvalue weighted by Crippen LogP contribution is 2.19. The average molecular weight is 178 g/mol. The molecule has 3 N–H and O–H groups in total. The van der Waals surface area contributed by atoms with Crippen LogP contribution in [0.2, 0.25) is 0 Å². The SMILES string of the molecule is [N-]=[N+]=Nc1ccc(N)c(C(=O)O)c1. The van der Waals surface area contributed by atoms with Crippen LogP contribution in [-0.4, -0.2) is 11.1 Å². The number of benzene rings is 1. The van der Waals surface area contributed by atoms with E-state index in [9.17, 15) is 4.79 Å². The Morgan fingerprint density at radius 2 is 2.31 bits per heavy atom. The van der Waals surface area contributed by atoms with Crippen molar-refractivity contribution in [1.29, 1.82) is 0 Å². The number of carboxylic acids is 1. The summed E-state index contributed by atoms with van der Waals surface area (Å²) in [5, 5.41) is 11.9. The molecule has 66 valence electrons. The summed E-state index contributed by atoms with van der Waals surface area (Å²) in [4.78, 5) is 13.1. The summed E-state index contributed by atoms with van der Waals surface area (Å²) >= 11 is 0. The molecule has 1 aromatic rings. The van der Waals surface area contributed by atoms with Gasteiger partial charge in [-0.05, 0) is 17.7 Å². The maximum Gasteiger partial charge on any atom is 0.337 e. The second-order valence-corrected chi connectivity index (χ2v) is 2.27. The minimum absolute atomic E-state index is 0.0649. The first-order valence-corrected chi connectivity index (χ1v) is 3.33. The Hall–Kier alpha value is -2.20. The maximum absolute atomic E-state index is 10.6. The lowest BCUT2D eigenvalue weighted by Gasteiger charge is -2.00. The molecule has 0 spiro atoms. The molecule has 13 heavy (non-hydrogen) atoms. The fraction of sp³-hybridized carbons (Fsp3) is 0. The molecule has 0 amide bonds. The van der Waals surface area contributed by atoms with Crippen LogP contribution >= 0.6 is 0 Å². The van der Waals surface area contributed by atoms with E-state index in [1.54, 1.807) is 0 Å². The topological polar surface area (TPSA) is 112 Å². The minimum atomic E-state index is -1.15. The van der Waals surface area contributed by atoms with E-state index in [0.717, 1.165) is 0 Å². The molecule has 1 rings (SSSR count). The van der Waals surface area contributed by atoms with Gasteiger partial charge in [0, 0.05) is 16.3 Å². The quantitative estimate of drug-likeness (QED) is 0.312. The second-order valence-electron chi connectivity index (χ2n) is 2.27. The van der Waals surface area contributed by atoms with Crippen LogP contribution in [0.25, 0.3) is 10.4 Å². The first-order valence-electron chi connectivity index (χ1n) is 3.33. The summed E-state index contributed by atoms with van der Waals surface area (Å²) in [6.45, 7) is 0. The van der Waals surface area contributed by atoms with Gasteiger partial charge in [-0.2, -0.15) is 0 Å². The van der Waals surface area contributed by atoms with Crippen LogP contribution in [0, 0.1) is 0 Å². The van der Waals surface area contributed by atoms with E-state index in [0.29, 0.717) is 0 Å². The molecule has 0 unspecified atom stereocenters. The van der Waals surface area contributed by atoms with Gasteiger partial charge in [0.2, 0.25) is 0 Å². The van der Waals surface area contributed by atoms with Gasteiger partial charge < -0.3 is 10.8 Å². The van der Waals surface area contributed by atoms with Gasteiger partial charge in [0.1, 0.15) is 0 Å². The van der Waals surface area contributed by atoms with Crippen LogP contribution in [0.1, 0.15) is 10.4 Å². The van der Waals surface area contributed by atoms with Crippen molar-refractivity contribution in [1.82, 2.24) is 0 Å². The molecule has 0 heterocycles. The maximum atomic E-state index is 10.6. The number of rotatable bonds is 2. The first-order chi connectivity index (χ1) is 6.15. The van der Waals surface area contributed by atoms with Gasteiger partial charge >= 0.3 is 5.97 Å². The van der Waals surface area contributed by atoms with E-state index >= 15 is 0 Å². The van der Waals surface area contributed by atoms with E-state index in [-0.39, 0.29) is 16.9 Å². The lowest BCUT2D eigenvalue weighted by Crippen LogP contribution is -2.01. The highest BCUT2D eigenvalue weighted by Gasteiger charge is 2.07. The van der Waals surface area contributed by atoms with Crippen LogP contribution in [0.3, 0.4) is 0 Å². The van der Waals surface area contributed by atoms with E-state index in [1.807, 2.05) is 0 Å². The predicted octanol–water partition coefficient (Wildman–Crippen LogP) is 1.91. The Morgan fingerprint density at radius 3 is 2.85 bits per heavy atom. The summed E-state index contributed by atoms with van der Waals surface area (Å²) in [6, 6.07) is 4.05. The summed E-state index contributed by atoms with van der Waals surface area (Å²) < 4.78 is 0.